The fraction of sp³-hybridized carbons (Fsp3) is 0.467. The van der Waals surface area contributed by atoms with Gasteiger partial charge in [-0.05, 0) is 30.9 Å². The molecule has 0 unspecified atom stereocenters. The van der Waals surface area contributed by atoms with Gasteiger partial charge in [0.1, 0.15) is 11.4 Å². The van der Waals surface area contributed by atoms with Gasteiger partial charge >= 0.3 is 0 Å². The van der Waals surface area contributed by atoms with Gasteiger partial charge in [-0.2, -0.15) is 0 Å². The predicted molar refractivity (Wildman–Crippen MR) is 146 cm³/mol. The van der Waals surface area contributed by atoms with Crippen LogP contribution in [0.4, 0.5) is 0 Å². The molecule has 2 heterocycles. The summed E-state index contributed by atoms with van der Waals surface area (Å²) in [6, 6.07) is 17.6. The standard InChI is InChI=1S/C30H38N4O4/c1-37-20-30(36)15-9-8-14-26(30)34-21-32-27(28(34)22-10-4-3-5-11-22)29(35)33-17-16-31-19-24(33)18-23-12-6-7-13-25(23)38-2/h3-7,10-13,21,24,26,31,36H,8-9,14-20H2,1-2H3/t24-,26+,30+/m0/s1. The monoisotopic (exact) mass is 518 g/mol. The summed E-state index contributed by atoms with van der Waals surface area (Å²) in [5.41, 5.74) is 2.15. The largest absolute Gasteiger partial charge is 0.496 e. The molecule has 1 aliphatic heterocycles. The van der Waals surface area contributed by atoms with Crippen LogP contribution in [-0.2, 0) is 11.2 Å². The number of hydrogen-bond acceptors (Lipinski definition) is 6. The quantitative estimate of drug-likeness (QED) is 0.473. The van der Waals surface area contributed by atoms with Crippen molar-refractivity contribution in [3.8, 4) is 17.0 Å². The van der Waals surface area contributed by atoms with Crippen molar-refractivity contribution in [1.82, 2.24) is 19.8 Å². The number of rotatable bonds is 8. The summed E-state index contributed by atoms with van der Waals surface area (Å²) >= 11 is 0. The van der Waals surface area contributed by atoms with Crippen molar-refractivity contribution >= 4 is 5.91 Å². The van der Waals surface area contributed by atoms with Gasteiger partial charge in [0, 0.05) is 38.3 Å². The molecule has 2 fully saturated rings. The van der Waals surface area contributed by atoms with Crippen LogP contribution in [0.2, 0.25) is 0 Å². The number of piperazine rings is 1. The molecule has 3 atom stereocenters. The Labute approximate surface area is 224 Å². The predicted octanol–water partition coefficient (Wildman–Crippen LogP) is 3.71. The molecule has 0 spiro atoms. The number of hydrogen-bond donors (Lipinski definition) is 2. The Morgan fingerprint density at radius 2 is 1.92 bits per heavy atom. The highest BCUT2D eigenvalue weighted by Gasteiger charge is 2.42. The van der Waals surface area contributed by atoms with E-state index >= 15 is 0 Å². The summed E-state index contributed by atoms with van der Waals surface area (Å²) < 4.78 is 13.1. The fourth-order valence-electron chi connectivity index (χ4n) is 6.13. The number of imidazole rings is 1. The third-order valence-corrected chi connectivity index (χ3v) is 7.99. The first-order valence-electron chi connectivity index (χ1n) is 13.5. The molecule has 1 amide bonds. The molecule has 0 bridgehead atoms. The van der Waals surface area contributed by atoms with Crippen LogP contribution < -0.4 is 10.1 Å². The van der Waals surface area contributed by atoms with E-state index in [1.807, 2.05) is 58.0 Å². The number of carbonyl (C=O) groups excluding carboxylic acids is 1. The van der Waals surface area contributed by atoms with E-state index in [2.05, 4.69) is 11.4 Å². The third kappa shape index (κ3) is 5.21. The van der Waals surface area contributed by atoms with Crippen LogP contribution in [0.25, 0.3) is 11.3 Å². The first-order valence-corrected chi connectivity index (χ1v) is 13.5. The molecule has 1 saturated heterocycles. The van der Waals surface area contributed by atoms with E-state index in [9.17, 15) is 9.90 Å². The first-order chi connectivity index (χ1) is 18.6. The average Bonchev–Trinajstić information content (AvgIpc) is 3.39. The molecule has 2 aliphatic rings. The lowest BCUT2D eigenvalue weighted by Gasteiger charge is -2.41. The van der Waals surface area contributed by atoms with Gasteiger partial charge in [-0.25, -0.2) is 4.98 Å². The number of nitrogens with one attached hydrogen (secondary N) is 1. The van der Waals surface area contributed by atoms with Crippen LogP contribution in [0.1, 0.15) is 47.8 Å². The van der Waals surface area contributed by atoms with E-state index in [0.717, 1.165) is 48.4 Å². The number of benzene rings is 2. The zero-order valence-corrected chi connectivity index (χ0v) is 22.3. The number of ether oxygens (including phenoxy) is 2. The van der Waals surface area contributed by atoms with Gasteiger partial charge in [0.2, 0.25) is 0 Å². The highest BCUT2D eigenvalue weighted by Crippen LogP contribution is 2.41. The molecule has 38 heavy (non-hydrogen) atoms. The average molecular weight is 519 g/mol. The van der Waals surface area contributed by atoms with Crippen molar-refractivity contribution < 1.29 is 19.4 Å². The van der Waals surface area contributed by atoms with Crippen molar-refractivity contribution in [3.63, 3.8) is 0 Å². The molecular formula is C30H38N4O4. The summed E-state index contributed by atoms with van der Waals surface area (Å²) in [4.78, 5) is 20.9. The van der Waals surface area contributed by atoms with Crippen molar-refractivity contribution in [2.24, 2.45) is 0 Å². The van der Waals surface area contributed by atoms with Crippen LogP contribution in [0.5, 0.6) is 5.75 Å². The zero-order chi connectivity index (χ0) is 26.5. The Balaban J connectivity index is 1.53. The lowest BCUT2D eigenvalue weighted by Crippen LogP contribution is -2.54. The van der Waals surface area contributed by atoms with Gasteiger partial charge in [0.15, 0.2) is 5.69 Å². The van der Waals surface area contributed by atoms with Gasteiger partial charge in [-0.3, -0.25) is 4.79 Å². The minimum Gasteiger partial charge on any atom is -0.496 e. The van der Waals surface area contributed by atoms with Crippen molar-refractivity contribution in [1.29, 1.82) is 0 Å². The fourth-order valence-corrected chi connectivity index (χ4v) is 6.13. The molecule has 8 heteroatoms. The lowest BCUT2D eigenvalue weighted by atomic mass is 9.80. The second kappa shape index (κ2) is 11.7. The highest BCUT2D eigenvalue weighted by atomic mass is 16.5. The van der Waals surface area contributed by atoms with E-state index in [-0.39, 0.29) is 24.6 Å². The molecular weight excluding hydrogens is 480 g/mol. The smallest absolute Gasteiger partial charge is 0.275 e. The Morgan fingerprint density at radius 1 is 1.13 bits per heavy atom. The Morgan fingerprint density at radius 3 is 2.71 bits per heavy atom. The summed E-state index contributed by atoms with van der Waals surface area (Å²) in [7, 11) is 3.30. The van der Waals surface area contributed by atoms with Gasteiger partial charge < -0.3 is 29.4 Å². The van der Waals surface area contributed by atoms with Crippen LogP contribution in [-0.4, -0.2) is 77.6 Å². The second-order valence-electron chi connectivity index (χ2n) is 10.4. The second-order valence-corrected chi connectivity index (χ2v) is 10.4. The summed E-state index contributed by atoms with van der Waals surface area (Å²) in [5, 5.41) is 15.1. The van der Waals surface area contributed by atoms with Gasteiger partial charge in [-0.1, -0.05) is 61.4 Å². The number of para-hydroxylation sites is 1. The third-order valence-electron chi connectivity index (χ3n) is 7.99. The first kappa shape index (κ1) is 26.4. The SMILES string of the molecule is COC[C@]1(O)CCCC[C@H]1n1cnc(C(=O)N2CCNC[C@@H]2Cc2ccccc2OC)c1-c1ccccc1. The molecule has 1 aromatic heterocycles. The highest BCUT2D eigenvalue weighted by molar-refractivity contribution is 5.98. The summed E-state index contributed by atoms with van der Waals surface area (Å²) in [6.07, 6.45) is 5.83. The van der Waals surface area contributed by atoms with E-state index in [0.29, 0.717) is 31.6 Å². The minimum atomic E-state index is -1.01. The summed E-state index contributed by atoms with van der Waals surface area (Å²) in [6.45, 7) is 2.26. The van der Waals surface area contributed by atoms with Gasteiger partial charge in [-0.15, -0.1) is 0 Å². The number of amides is 1. The molecule has 0 radical (unpaired) electrons. The molecule has 1 saturated carbocycles. The number of nitrogens with zero attached hydrogens (tertiary/aromatic N) is 3. The van der Waals surface area contributed by atoms with Gasteiger partial charge in [0.25, 0.3) is 5.91 Å². The van der Waals surface area contributed by atoms with Crippen molar-refractivity contribution in [3.05, 3.63) is 72.2 Å². The summed E-state index contributed by atoms with van der Waals surface area (Å²) in [5.74, 6) is 0.740. The maximum atomic E-state index is 14.2. The van der Waals surface area contributed by atoms with Crippen LogP contribution in [0.3, 0.4) is 0 Å². The molecule has 5 rings (SSSR count). The maximum absolute atomic E-state index is 14.2. The zero-order valence-electron chi connectivity index (χ0n) is 22.3. The molecule has 8 nitrogen and oxygen atoms in total. The molecule has 202 valence electrons. The van der Waals surface area contributed by atoms with Crippen molar-refractivity contribution in [2.45, 2.75) is 49.8 Å². The number of carbonyl (C=O) groups is 1. The normalized spacial score (nSPS) is 23.8. The van der Waals surface area contributed by atoms with E-state index in [1.165, 1.54) is 0 Å². The van der Waals surface area contributed by atoms with Crippen LogP contribution >= 0.6 is 0 Å². The Hall–Kier alpha value is -3.20. The molecule has 3 aromatic rings. The number of aliphatic hydroxyl groups is 1. The molecule has 2 aromatic carbocycles. The topological polar surface area (TPSA) is 88.8 Å². The Kier molecular flexibility index (Phi) is 8.12. The number of aromatic nitrogens is 2. The van der Waals surface area contributed by atoms with Crippen LogP contribution in [0, 0.1) is 0 Å². The van der Waals surface area contributed by atoms with E-state index in [1.54, 1.807) is 20.5 Å². The molecule has 1 aliphatic carbocycles. The lowest BCUT2D eigenvalue weighted by molar-refractivity contribution is -0.0893. The number of methoxy groups -OCH3 is 2. The van der Waals surface area contributed by atoms with E-state index < -0.39 is 5.60 Å². The van der Waals surface area contributed by atoms with Gasteiger partial charge in [0.05, 0.1) is 31.8 Å². The van der Waals surface area contributed by atoms with E-state index in [4.69, 9.17) is 14.5 Å². The van der Waals surface area contributed by atoms with Crippen LogP contribution in [0.15, 0.2) is 60.9 Å². The van der Waals surface area contributed by atoms with Crippen molar-refractivity contribution in [2.75, 3.05) is 40.5 Å². The Bertz CT molecular complexity index is 1230. The maximum Gasteiger partial charge on any atom is 0.275 e. The molecule has 2 N–H and O–H groups in total. The minimum absolute atomic E-state index is 0.0403.